The molecule has 1 rings (SSSR count). The zero-order valence-electron chi connectivity index (χ0n) is 10.4. The topological polar surface area (TPSA) is 49.7 Å². The van der Waals surface area contributed by atoms with Crippen molar-refractivity contribution in [2.75, 3.05) is 13.2 Å². The molecule has 1 aromatic carbocycles. The van der Waals surface area contributed by atoms with E-state index in [4.69, 9.17) is 9.84 Å². The van der Waals surface area contributed by atoms with Crippen LogP contribution in [-0.4, -0.2) is 29.0 Å². The van der Waals surface area contributed by atoms with Gasteiger partial charge in [-0.15, -0.1) is 0 Å². The van der Waals surface area contributed by atoms with Gasteiger partial charge >= 0.3 is 0 Å². The zero-order chi connectivity index (χ0) is 12.6. The van der Waals surface area contributed by atoms with Gasteiger partial charge in [0.2, 0.25) is 0 Å². The maximum atomic E-state index is 9.95. The van der Waals surface area contributed by atoms with Crippen LogP contribution in [0.3, 0.4) is 0 Å². The molecule has 3 heteroatoms. The standard InChI is InChI=1S/C14H22O3/c1-14(16,8-5-10-15)9-11-17-12-13-6-3-2-4-7-13/h2-4,6-7,15-16H,5,8-12H2,1H3. The van der Waals surface area contributed by atoms with Crippen molar-refractivity contribution in [1.82, 2.24) is 0 Å². The van der Waals surface area contributed by atoms with Crippen LogP contribution in [-0.2, 0) is 11.3 Å². The molecule has 0 aliphatic carbocycles. The second-order valence-electron chi connectivity index (χ2n) is 4.61. The Morgan fingerprint density at radius 3 is 2.53 bits per heavy atom. The van der Waals surface area contributed by atoms with Gasteiger partial charge in [-0.25, -0.2) is 0 Å². The highest BCUT2D eigenvalue weighted by Gasteiger charge is 2.18. The first-order valence-electron chi connectivity index (χ1n) is 6.09. The molecular weight excluding hydrogens is 216 g/mol. The molecule has 0 radical (unpaired) electrons. The van der Waals surface area contributed by atoms with Crippen molar-refractivity contribution < 1.29 is 14.9 Å². The SMILES string of the molecule is CC(O)(CCCO)CCOCc1ccccc1. The first-order valence-corrected chi connectivity index (χ1v) is 6.09. The van der Waals surface area contributed by atoms with Crippen LogP contribution in [0.5, 0.6) is 0 Å². The van der Waals surface area contributed by atoms with E-state index in [0.29, 0.717) is 32.5 Å². The fourth-order valence-corrected chi connectivity index (χ4v) is 1.64. The average Bonchev–Trinajstić information content (AvgIpc) is 2.34. The first kappa shape index (κ1) is 14.2. The van der Waals surface area contributed by atoms with Crippen molar-refractivity contribution in [3.05, 3.63) is 35.9 Å². The maximum Gasteiger partial charge on any atom is 0.0716 e. The van der Waals surface area contributed by atoms with E-state index >= 15 is 0 Å². The third kappa shape index (κ3) is 6.41. The minimum Gasteiger partial charge on any atom is -0.396 e. The van der Waals surface area contributed by atoms with Crippen LogP contribution in [0, 0.1) is 0 Å². The fourth-order valence-electron chi connectivity index (χ4n) is 1.64. The minimum absolute atomic E-state index is 0.126. The van der Waals surface area contributed by atoms with Crippen LogP contribution in [0.1, 0.15) is 31.7 Å². The molecule has 0 saturated carbocycles. The summed E-state index contributed by atoms with van der Waals surface area (Å²) in [5, 5.41) is 18.7. The molecule has 0 heterocycles. The molecule has 1 unspecified atom stereocenters. The van der Waals surface area contributed by atoms with Crippen LogP contribution in [0.4, 0.5) is 0 Å². The second-order valence-corrected chi connectivity index (χ2v) is 4.61. The molecule has 0 bridgehead atoms. The van der Waals surface area contributed by atoms with Gasteiger partial charge in [0, 0.05) is 13.2 Å². The molecule has 0 saturated heterocycles. The van der Waals surface area contributed by atoms with Crippen molar-refractivity contribution in [3.8, 4) is 0 Å². The summed E-state index contributed by atoms with van der Waals surface area (Å²) in [4.78, 5) is 0. The first-order chi connectivity index (χ1) is 8.14. The highest BCUT2D eigenvalue weighted by atomic mass is 16.5. The summed E-state index contributed by atoms with van der Waals surface area (Å²) in [5.74, 6) is 0. The van der Waals surface area contributed by atoms with Gasteiger partial charge in [0.05, 0.1) is 12.2 Å². The lowest BCUT2D eigenvalue weighted by molar-refractivity contribution is 0.000218. The summed E-state index contributed by atoms with van der Waals surface area (Å²) in [6.45, 7) is 3.03. The van der Waals surface area contributed by atoms with E-state index in [2.05, 4.69) is 0 Å². The van der Waals surface area contributed by atoms with E-state index in [-0.39, 0.29) is 6.61 Å². The second kappa shape index (κ2) is 7.43. The van der Waals surface area contributed by atoms with Gasteiger partial charge < -0.3 is 14.9 Å². The molecular formula is C14H22O3. The largest absolute Gasteiger partial charge is 0.396 e. The molecule has 0 spiro atoms. The van der Waals surface area contributed by atoms with Gasteiger partial charge in [-0.1, -0.05) is 30.3 Å². The van der Waals surface area contributed by atoms with E-state index in [1.165, 1.54) is 0 Å². The number of aliphatic hydroxyl groups excluding tert-OH is 1. The maximum absolute atomic E-state index is 9.95. The molecule has 0 fully saturated rings. The lowest BCUT2D eigenvalue weighted by Gasteiger charge is -2.22. The predicted octanol–water partition coefficient (Wildman–Crippen LogP) is 2.12. The van der Waals surface area contributed by atoms with Crippen molar-refractivity contribution in [2.24, 2.45) is 0 Å². The monoisotopic (exact) mass is 238 g/mol. The van der Waals surface area contributed by atoms with Crippen molar-refractivity contribution in [1.29, 1.82) is 0 Å². The predicted molar refractivity (Wildman–Crippen MR) is 67.7 cm³/mol. The summed E-state index contributed by atoms with van der Waals surface area (Å²) in [6, 6.07) is 9.98. The molecule has 3 nitrogen and oxygen atoms in total. The Labute approximate surface area is 103 Å². The smallest absolute Gasteiger partial charge is 0.0716 e. The number of aliphatic hydroxyl groups is 2. The number of ether oxygens (including phenoxy) is 1. The van der Waals surface area contributed by atoms with E-state index in [1.807, 2.05) is 30.3 Å². The van der Waals surface area contributed by atoms with Crippen molar-refractivity contribution in [2.45, 2.75) is 38.4 Å². The number of benzene rings is 1. The summed E-state index contributed by atoms with van der Waals surface area (Å²) in [6.07, 6.45) is 1.84. The Bertz CT molecular complexity index is 296. The van der Waals surface area contributed by atoms with Crippen molar-refractivity contribution in [3.63, 3.8) is 0 Å². The Kier molecular flexibility index (Phi) is 6.19. The Morgan fingerprint density at radius 2 is 1.88 bits per heavy atom. The molecule has 17 heavy (non-hydrogen) atoms. The van der Waals surface area contributed by atoms with Crippen LogP contribution in [0.15, 0.2) is 30.3 Å². The summed E-state index contributed by atoms with van der Waals surface area (Å²) in [7, 11) is 0. The lowest BCUT2D eigenvalue weighted by atomic mass is 9.97. The Balaban J connectivity index is 2.15. The number of hydrogen-bond acceptors (Lipinski definition) is 3. The van der Waals surface area contributed by atoms with E-state index < -0.39 is 5.60 Å². The van der Waals surface area contributed by atoms with Gasteiger partial charge in [0.1, 0.15) is 0 Å². The minimum atomic E-state index is -0.737. The molecule has 1 aromatic rings. The molecule has 96 valence electrons. The normalized spacial score (nSPS) is 14.5. The molecule has 0 aromatic heterocycles. The lowest BCUT2D eigenvalue weighted by Crippen LogP contribution is -2.26. The van der Waals surface area contributed by atoms with Crippen LogP contribution in [0.2, 0.25) is 0 Å². The van der Waals surface area contributed by atoms with Gasteiger partial charge in [-0.2, -0.15) is 0 Å². The van der Waals surface area contributed by atoms with Crippen molar-refractivity contribution >= 4 is 0 Å². The van der Waals surface area contributed by atoms with Gasteiger partial charge in [0.15, 0.2) is 0 Å². The summed E-state index contributed by atoms with van der Waals surface area (Å²) in [5.41, 5.74) is 0.405. The van der Waals surface area contributed by atoms with E-state index in [0.717, 1.165) is 5.56 Å². The zero-order valence-corrected chi connectivity index (χ0v) is 10.4. The molecule has 0 aliphatic heterocycles. The summed E-state index contributed by atoms with van der Waals surface area (Å²) < 4.78 is 5.51. The highest BCUT2D eigenvalue weighted by Crippen LogP contribution is 2.16. The molecule has 1 atom stereocenters. The summed E-state index contributed by atoms with van der Waals surface area (Å²) >= 11 is 0. The van der Waals surface area contributed by atoms with Gasteiger partial charge in [0.25, 0.3) is 0 Å². The number of rotatable bonds is 8. The Morgan fingerprint density at radius 1 is 1.18 bits per heavy atom. The van der Waals surface area contributed by atoms with Crippen LogP contribution in [0.25, 0.3) is 0 Å². The number of hydrogen-bond donors (Lipinski definition) is 2. The van der Waals surface area contributed by atoms with E-state index in [1.54, 1.807) is 6.92 Å². The highest BCUT2D eigenvalue weighted by molar-refractivity contribution is 5.13. The van der Waals surface area contributed by atoms with Gasteiger partial charge in [-0.05, 0) is 31.7 Å². The molecule has 0 amide bonds. The van der Waals surface area contributed by atoms with Crippen LogP contribution < -0.4 is 0 Å². The third-order valence-electron chi connectivity index (χ3n) is 2.77. The molecule has 2 N–H and O–H groups in total. The van der Waals surface area contributed by atoms with Gasteiger partial charge in [-0.3, -0.25) is 0 Å². The fraction of sp³-hybridized carbons (Fsp3) is 0.571. The van der Waals surface area contributed by atoms with E-state index in [9.17, 15) is 5.11 Å². The molecule has 0 aliphatic rings. The Hall–Kier alpha value is -0.900. The average molecular weight is 238 g/mol. The quantitative estimate of drug-likeness (QED) is 0.682. The van der Waals surface area contributed by atoms with Crippen LogP contribution >= 0.6 is 0 Å². The third-order valence-corrected chi connectivity index (χ3v) is 2.77.